The Morgan fingerprint density at radius 1 is 1.50 bits per heavy atom. The molecular formula is C13H18O. The molecule has 0 aliphatic heterocycles. The Balaban J connectivity index is 2.57. The standard InChI is InChI=1S/C13H18O/c1-3-4-9-13(14)12-8-6-5-7-11(2)10-12/h3,7-8H,1,4-6,9-10H2,2H3. The van der Waals surface area contributed by atoms with Gasteiger partial charge in [-0.2, -0.15) is 0 Å². The van der Waals surface area contributed by atoms with Crippen LogP contribution >= 0.6 is 0 Å². The summed E-state index contributed by atoms with van der Waals surface area (Å²) in [5.41, 5.74) is 2.32. The van der Waals surface area contributed by atoms with Crippen LogP contribution in [0.1, 0.15) is 39.0 Å². The monoisotopic (exact) mass is 190 g/mol. The van der Waals surface area contributed by atoms with Gasteiger partial charge in [0.25, 0.3) is 0 Å². The lowest BCUT2D eigenvalue weighted by atomic mass is 10.0. The van der Waals surface area contributed by atoms with E-state index in [2.05, 4.69) is 25.7 Å². The van der Waals surface area contributed by atoms with Crippen LogP contribution in [0.2, 0.25) is 0 Å². The highest BCUT2D eigenvalue weighted by atomic mass is 16.1. The normalized spacial score (nSPS) is 16.6. The van der Waals surface area contributed by atoms with E-state index in [0.29, 0.717) is 12.2 Å². The minimum atomic E-state index is 0.291. The van der Waals surface area contributed by atoms with Crippen LogP contribution in [0.25, 0.3) is 0 Å². The first kappa shape index (κ1) is 11.0. The summed E-state index contributed by atoms with van der Waals surface area (Å²) in [5.74, 6) is 0.291. The highest BCUT2D eigenvalue weighted by Gasteiger charge is 2.10. The maximum absolute atomic E-state index is 11.7. The quantitative estimate of drug-likeness (QED) is 0.619. The lowest BCUT2D eigenvalue weighted by Crippen LogP contribution is -2.02. The maximum Gasteiger partial charge on any atom is 0.159 e. The number of Topliss-reactive ketones (excluding diaryl/α,β-unsaturated/α-hetero) is 1. The van der Waals surface area contributed by atoms with E-state index in [9.17, 15) is 4.79 Å². The van der Waals surface area contributed by atoms with Crippen molar-refractivity contribution in [2.45, 2.75) is 39.0 Å². The van der Waals surface area contributed by atoms with Crippen molar-refractivity contribution in [3.63, 3.8) is 0 Å². The maximum atomic E-state index is 11.7. The van der Waals surface area contributed by atoms with Gasteiger partial charge in [0.15, 0.2) is 5.78 Å². The molecule has 76 valence electrons. The highest BCUT2D eigenvalue weighted by molar-refractivity contribution is 5.95. The second kappa shape index (κ2) is 5.58. The van der Waals surface area contributed by atoms with Gasteiger partial charge in [-0.25, -0.2) is 0 Å². The van der Waals surface area contributed by atoms with Gasteiger partial charge in [-0.3, -0.25) is 4.79 Å². The molecule has 1 aliphatic rings. The number of hydrogen-bond acceptors (Lipinski definition) is 1. The zero-order valence-electron chi connectivity index (χ0n) is 8.88. The van der Waals surface area contributed by atoms with Crippen LogP contribution in [0, 0.1) is 0 Å². The molecule has 1 heteroatoms. The fourth-order valence-electron chi connectivity index (χ4n) is 1.64. The number of hydrogen-bond donors (Lipinski definition) is 0. The number of carbonyl (C=O) groups is 1. The lowest BCUT2D eigenvalue weighted by molar-refractivity contribution is -0.115. The van der Waals surface area contributed by atoms with Gasteiger partial charge in [-0.15, -0.1) is 6.58 Å². The van der Waals surface area contributed by atoms with Crippen molar-refractivity contribution in [1.82, 2.24) is 0 Å². The summed E-state index contributed by atoms with van der Waals surface area (Å²) in [4.78, 5) is 11.7. The van der Waals surface area contributed by atoms with Crippen molar-refractivity contribution in [1.29, 1.82) is 0 Å². The minimum Gasteiger partial charge on any atom is -0.295 e. The molecule has 0 heterocycles. The van der Waals surface area contributed by atoms with Gasteiger partial charge in [-0.1, -0.05) is 23.8 Å². The zero-order valence-corrected chi connectivity index (χ0v) is 8.88. The summed E-state index contributed by atoms with van der Waals surface area (Å²) in [6, 6.07) is 0. The summed E-state index contributed by atoms with van der Waals surface area (Å²) < 4.78 is 0. The average molecular weight is 190 g/mol. The Labute approximate surface area is 86.2 Å². The molecular weight excluding hydrogens is 172 g/mol. The van der Waals surface area contributed by atoms with Gasteiger partial charge >= 0.3 is 0 Å². The third-order valence-corrected chi connectivity index (χ3v) is 2.45. The fraction of sp³-hybridized carbons (Fsp3) is 0.462. The summed E-state index contributed by atoms with van der Waals surface area (Å²) >= 11 is 0. The Bertz CT molecular complexity index is 282. The molecule has 0 radical (unpaired) electrons. The van der Waals surface area contributed by atoms with E-state index in [0.717, 1.165) is 31.3 Å². The summed E-state index contributed by atoms with van der Waals surface area (Å²) in [6.45, 7) is 5.73. The molecule has 14 heavy (non-hydrogen) atoms. The third kappa shape index (κ3) is 3.33. The Morgan fingerprint density at radius 2 is 2.21 bits per heavy atom. The second-order valence-electron chi connectivity index (χ2n) is 3.78. The van der Waals surface area contributed by atoms with Gasteiger partial charge in [0.2, 0.25) is 0 Å². The van der Waals surface area contributed by atoms with Crippen molar-refractivity contribution in [2.75, 3.05) is 0 Å². The predicted molar refractivity (Wildman–Crippen MR) is 60.1 cm³/mol. The molecule has 1 nitrogen and oxygen atoms in total. The first-order valence-corrected chi connectivity index (χ1v) is 5.23. The summed E-state index contributed by atoms with van der Waals surface area (Å²) in [7, 11) is 0. The Hall–Kier alpha value is -1.11. The molecule has 0 unspecified atom stereocenters. The lowest BCUT2D eigenvalue weighted by Gasteiger charge is -2.04. The molecule has 0 atom stereocenters. The fourth-order valence-corrected chi connectivity index (χ4v) is 1.64. The molecule has 0 N–H and O–H groups in total. The predicted octanol–water partition coefficient (Wildman–Crippen LogP) is 3.58. The van der Waals surface area contributed by atoms with Crippen LogP contribution in [0.5, 0.6) is 0 Å². The molecule has 0 bridgehead atoms. The van der Waals surface area contributed by atoms with E-state index in [1.165, 1.54) is 5.57 Å². The first-order valence-electron chi connectivity index (χ1n) is 5.23. The van der Waals surface area contributed by atoms with E-state index in [4.69, 9.17) is 0 Å². The van der Waals surface area contributed by atoms with Gasteiger partial charge in [-0.05, 0) is 38.2 Å². The smallest absolute Gasteiger partial charge is 0.159 e. The van der Waals surface area contributed by atoms with Gasteiger partial charge in [0, 0.05) is 6.42 Å². The Kier molecular flexibility index (Phi) is 4.37. The van der Waals surface area contributed by atoms with E-state index >= 15 is 0 Å². The van der Waals surface area contributed by atoms with Crippen LogP contribution in [0.3, 0.4) is 0 Å². The number of ketones is 1. The van der Waals surface area contributed by atoms with E-state index in [1.54, 1.807) is 6.08 Å². The molecule has 0 fully saturated rings. The van der Waals surface area contributed by atoms with Crippen molar-refractivity contribution in [3.8, 4) is 0 Å². The number of carbonyl (C=O) groups excluding carboxylic acids is 1. The molecule has 1 aliphatic carbocycles. The number of rotatable bonds is 4. The van der Waals surface area contributed by atoms with Crippen LogP contribution < -0.4 is 0 Å². The topological polar surface area (TPSA) is 17.1 Å². The molecule has 0 amide bonds. The van der Waals surface area contributed by atoms with Gasteiger partial charge in [0.1, 0.15) is 0 Å². The van der Waals surface area contributed by atoms with Crippen LogP contribution in [-0.4, -0.2) is 5.78 Å². The van der Waals surface area contributed by atoms with Crippen LogP contribution in [0.4, 0.5) is 0 Å². The van der Waals surface area contributed by atoms with E-state index in [1.807, 2.05) is 0 Å². The summed E-state index contributed by atoms with van der Waals surface area (Å²) in [5, 5.41) is 0. The van der Waals surface area contributed by atoms with Crippen molar-refractivity contribution in [3.05, 3.63) is 36.0 Å². The minimum absolute atomic E-state index is 0.291. The van der Waals surface area contributed by atoms with Crippen molar-refractivity contribution >= 4 is 5.78 Å². The average Bonchev–Trinajstić information content (AvgIpc) is 2.39. The molecule has 0 saturated heterocycles. The molecule has 0 aromatic rings. The zero-order chi connectivity index (χ0) is 10.4. The van der Waals surface area contributed by atoms with Crippen molar-refractivity contribution < 1.29 is 4.79 Å². The highest BCUT2D eigenvalue weighted by Crippen LogP contribution is 2.19. The summed E-state index contributed by atoms with van der Waals surface area (Å²) in [6.07, 6.45) is 10.5. The van der Waals surface area contributed by atoms with Crippen molar-refractivity contribution in [2.24, 2.45) is 0 Å². The molecule has 0 saturated carbocycles. The van der Waals surface area contributed by atoms with E-state index in [-0.39, 0.29) is 0 Å². The molecule has 0 aromatic carbocycles. The second-order valence-corrected chi connectivity index (χ2v) is 3.78. The van der Waals surface area contributed by atoms with Crippen LogP contribution in [-0.2, 0) is 4.79 Å². The molecule has 1 rings (SSSR count). The largest absolute Gasteiger partial charge is 0.295 e. The van der Waals surface area contributed by atoms with Gasteiger partial charge in [0.05, 0.1) is 0 Å². The van der Waals surface area contributed by atoms with Crippen LogP contribution in [0.15, 0.2) is 36.0 Å². The molecule has 0 aromatic heterocycles. The SMILES string of the molecule is C=CCCC(=O)C1=CCCC=C(C)C1. The van der Waals surface area contributed by atoms with E-state index < -0.39 is 0 Å². The molecule has 0 spiro atoms. The third-order valence-electron chi connectivity index (χ3n) is 2.45. The number of allylic oxidation sites excluding steroid dienone is 5. The van der Waals surface area contributed by atoms with Gasteiger partial charge < -0.3 is 0 Å². The first-order chi connectivity index (χ1) is 6.74. The Morgan fingerprint density at radius 3 is 2.93 bits per heavy atom.